The van der Waals surface area contributed by atoms with Crippen LogP contribution in [0, 0.1) is 13.8 Å². The zero-order valence-corrected chi connectivity index (χ0v) is 11.5. The number of aromatic amines is 1. The minimum absolute atomic E-state index is 0.227. The highest BCUT2D eigenvalue weighted by atomic mass is 16.1. The minimum atomic E-state index is 0.227. The molecule has 17 heavy (non-hydrogen) atoms. The van der Waals surface area contributed by atoms with Crippen LogP contribution in [0.5, 0.6) is 0 Å². The number of unbranched alkanes of at least 4 members (excludes halogenated alkanes) is 1. The number of hydrogen-bond donors (Lipinski definition) is 1. The average molecular weight is 236 g/mol. The summed E-state index contributed by atoms with van der Waals surface area (Å²) >= 11 is 0. The number of rotatable bonds is 7. The first kappa shape index (κ1) is 14.0. The van der Waals surface area contributed by atoms with Crippen LogP contribution in [0.2, 0.25) is 0 Å². The maximum atomic E-state index is 12.1. The van der Waals surface area contributed by atoms with Gasteiger partial charge in [0, 0.05) is 17.0 Å². The van der Waals surface area contributed by atoms with Crippen LogP contribution in [0.4, 0.5) is 0 Å². The van der Waals surface area contributed by atoms with Gasteiger partial charge in [0.1, 0.15) is 0 Å². The van der Waals surface area contributed by atoms with E-state index in [9.17, 15) is 4.79 Å². The van der Waals surface area contributed by atoms with Crippen LogP contribution in [0.25, 0.3) is 0 Å². The van der Waals surface area contributed by atoms with Crippen LogP contribution in [0.1, 0.15) is 48.4 Å². The van der Waals surface area contributed by atoms with Crippen LogP contribution in [-0.4, -0.2) is 35.3 Å². The normalized spacial score (nSPS) is 11.1. The highest BCUT2D eigenvalue weighted by Gasteiger charge is 2.14. The van der Waals surface area contributed by atoms with Crippen molar-refractivity contribution < 1.29 is 4.79 Å². The Bertz CT molecular complexity index is 368. The van der Waals surface area contributed by atoms with E-state index in [1.54, 1.807) is 0 Å². The molecule has 96 valence electrons. The van der Waals surface area contributed by atoms with E-state index in [4.69, 9.17) is 0 Å². The number of Topliss-reactive ketones (excluding diaryl/α,β-unsaturated/α-hetero) is 1. The fourth-order valence-electron chi connectivity index (χ4n) is 2.03. The lowest BCUT2D eigenvalue weighted by atomic mass is 10.1. The number of likely N-dealkylation sites (N-methyl/N-ethyl adjacent to an activating group) is 1. The standard InChI is InChI=1S/C14H24N2O/c1-5-7-8-16(6-2)10-14(17)13-9-11(3)15-12(13)4/h9,15H,5-8,10H2,1-4H3. The van der Waals surface area contributed by atoms with E-state index in [2.05, 4.69) is 23.7 Å². The Hall–Kier alpha value is -1.09. The van der Waals surface area contributed by atoms with Gasteiger partial charge in [-0.25, -0.2) is 0 Å². The topological polar surface area (TPSA) is 36.1 Å². The molecule has 0 fully saturated rings. The number of aryl methyl sites for hydroxylation is 2. The quantitative estimate of drug-likeness (QED) is 0.739. The third-order valence-corrected chi connectivity index (χ3v) is 3.09. The van der Waals surface area contributed by atoms with Crippen molar-refractivity contribution in [2.24, 2.45) is 0 Å². The molecule has 0 saturated carbocycles. The molecule has 0 aromatic carbocycles. The molecule has 0 atom stereocenters. The molecule has 3 heteroatoms. The van der Waals surface area contributed by atoms with Gasteiger partial charge in [-0.3, -0.25) is 9.69 Å². The molecule has 0 radical (unpaired) electrons. The molecule has 0 saturated heterocycles. The van der Waals surface area contributed by atoms with Crippen molar-refractivity contribution in [1.82, 2.24) is 9.88 Å². The maximum absolute atomic E-state index is 12.1. The van der Waals surface area contributed by atoms with E-state index < -0.39 is 0 Å². The monoisotopic (exact) mass is 236 g/mol. The second-order valence-corrected chi connectivity index (χ2v) is 4.64. The van der Waals surface area contributed by atoms with Gasteiger partial charge in [-0.2, -0.15) is 0 Å². The highest BCUT2D eigenvalue weighted by molar-refractivity contribution is 5.98. The van der Waals surface area contributed by atoms with Crippen molar-refractivity contribution in [3.63, 3.8) is 0 Å². The summed E-state index contributed by atoms with van der Waals surface area (Å²) in [4.78, 5) is 17.5. The Kier molecular flexibility index (Phi) is 5.42. The molecule has 0 aliphatic rings. The zero-order valence-electron chi connectivity index (χ0n) is 11.5. The molecule has 1 aromatic heterocycles. The van der Waals surface area contributed by atoms with Crippen LogP contribution in [0.3, 0.4) is 0 Å². The summed E-state index contributed by atoms with van der Waals surface area (Å²) in [5.74, 6) is 0.227. The molecule has 0 amide bonds. The zero-order chi connectivity index (χ0) is 12.8. The van der Waals surface area contributed by atoms with Gasteiger partial charge < -0.3 is 4.98 Å². The van der Waals surface area contributed by atoms with E-state index in [-0.39, 0.29) is 5.78 Å². The number of ketones is 1. The van der Waals surface area contributed by atoms with Crippen LogP contribution < -0.4 is 0 Å². The van der Waals surface area contributed by atoms with E-state index in [1.807, 2.05) is 19.9 Å². The van der Waals surface area contributed by atoms with Crippen molar-refractivity contribution >= 4 is 5.78 Å². The fourth-order valence-corrected chi connectivity index (χ4v) is 2.03. The summed E-state index contributed by atoms with van der Waals surface area (Å²) in [6.45, 7) is 10.7. The molecular weight excluding hydrogens is 212 g/mol. The minimum Gasteiger partial charge on any atom is -0.362 e. The van der Waals surface area contributed by atoms with Gasteiger partial charge in [0.2, 0.25) is 0 Å². The molecular formula is C14H24N2O. The van der Waals surface area contributed by atoms with Crippen LogP contribution >= 0.6 is 0 Å². The summed E-state index contributed by atoms with van der Waals surface area (Å²) < 4.78 is 0. The average Bonchev–Trinajstić information content (AvgIpc) is 2.63. The van der Waals surface area contributed by atoms with Gasteiger partial charge in [0.15, 0.2) is 5.78 Å². The number of H-pyrrole nitrogens is 1. The summed E-state index contributed by atoms with van der Waals surface area (Å²) in [5, 5.41) is 0. The first-order valence-corrected chi connectivity index (χ1v) is 6.50. The summed E-state index contributed by atoms with van der Waals surface area (Å²) in [6, 6.07) is 1.95. The predicted molar refractivity (Wildman–Crippen MR) is 71.6 cm³/mol. The highest BCUT2D eigenvalue weighted by Crippen LogP contribution is 2.11. The van der Waals surface area contributed by atoms with E-state index >= 15 is 0 Å². The van der Waals surface area contributed by atoms with Crippen LogP contribution in [0.15, 0.2) is 6.07 Å². The maximum Gasteiger partial charge on any atom is 0.178 e. The number of carbonyl (C=O) groups is 1. The number of carbonyl (C=O) groups excluding carboxylic acids is 1. The van der Waals surface area contributed by atoms with E-state index in [0.717, 1.165) is 36.5 Å². The van der Waals surface area contributed by atoms with Gasteiger partial charge in [-0.05, 0) is 39.4 Å². The Morgan fingerprint density at radius 3 is 2.53 bits per heavy atom. The molecule has 0 aliphatic carbocycles. The Morgan fingerprint density at radius 2 is 2.06 bits per heavy atom. The number of nitrogens with zero attached hydrogens (tertiary/aromatic N) is 1. The number of aromatic nitrogens is 1. The summed E-state index contributed by atoms with van der Waals surface area (Å²) in [5.41, 5.74) is 2.89. The van der Waals surface area contributed by atoms with Crippen molar-refractivity contribution in [2.75, 3.05) is 19.6 Å². The van der Waals surface area contributed by atoms with Crippen molar-refractivity contribution in [3.05, 3.63) is 23.0 Å². The summed E-state index contributed by atoms with van der Waals surface area (Å²) in [7, 11) is 0. The molecule has 3 nitrogen and oxygen atoms in total. The number of nitrogens with one attached hydrogen (secondary N) is 1. The largest absolute Gasteiger partial charge is 0.362 e. The molecule has 0 unspecified atom stereocenters. The Labute approximate surface area is 104 Å². The predicted octanol–water partition coefficient (Wildman–Crippen LogP) is 2.94. The molecule has 0 spiro atoms. The third-order valence-electron chi connectivity index (χ3n) is 3.09. The van der Waals surface area contributed by atoms with Gasteiger partial charge in [-0.1, -0.05) is 20.3 Å². The lowest BCUT2D eigenvalue weighted by Crippen LogP contribution is -2.30. The first-order valence-electron chi connectivity index (χ1n) is 6.50. The first-order chi connectivity index (χ1) is 8.08. The van der Waals surface area contributed by atoms with Gasteiger partial charge in [0.25, 0.3) is 0 Å². The van der Waals surface area contributed by atoms with Gasteiger partial charge in [0.05, 0.1) is 6.54 Å². The smallest absolute Gasteiger partial charge is 0.178 e. The molecule has 0 bridgehead atoms. The Morgan fingerprint density at radius 1 is 1.35 bits per heavy atom. The number of hydrogen-bond acceptors (Lipinski definition) is 2. The second kappa shape index (κ2) is 6.60. The van der Waals surface area contributed by atoms with E-state index in [0.29, 0.717) is 6.54 Å². The molecule has 1 aromatic rings. The molecule has 1 heterocycles. The SMILES string of the molecule is CCCCN(CC)CC(=O)c1cc(C)[nH]c1C. The molecule has 1 N–H and O–H groups in total. The van der Waals surface area contributed by atoms with E-state index in [1.165, 1.54) is 6.42 Å². The Balaban J connectivity index is 2.61. The fraction of sp³-hybridized carbons (Fsp3) is 0.643. The summed E-state index contributed by atoms with van der Waals surface area (Å²) in [6.07, 6.45) is 2.33. The van der Waals surface area contributed by atoms with Crippen molar-refractivity contribution in [2.45, 2.75) is 40.5 Å². The van der Waals surface area contributed by atoms with Gasteiger partial charge in [-0.15, -0.1) is 0 Å². The second-order valence-electron chi connectivity index (χ2n) is 4.64. The van der Waals surface area contributed by atoms with Gasteiger partial charge >= 0.3 is 0 Å². The molecule has 0 aliphatic heterocycles. The van der Waals surface area contributed by atoms with Crippen molar-refractivity contribution in [3.8, 4) is 0 Å². The lowest BCUT2D eigenvalue weighted by Gasteiger charge is -2.18. The third kappa shape index (κ3) is 4.00. The van der Waals surface area contributed by atoms with Crippen LogP contribution in [-0.2, 0) is 0 Å². The molecule has 1 rings (SSSR count). The lowest BCUT2D eigenvalue weighted by molar-refractivity contribution is 0.0932. The van der Waals surface area contributed by atoms with Crippen molar-refractivity contribution in [1.29, 1.82) is 0 Å².